The molecule has 4 nitrogen and oxygen atoms in total. The largest absolute Gasteiger partial charge is 0.507 e. The van der Waals surface area contributed by atoms with Crippen molar-refractivity contribution in [3.63, 3.8) is 0 Å². The van der Waals surface area contributed by atoms with Crippen LogP contribution < -0.4 is 4.74 Å². The molecule has 3 aromatic carbocycles. The number of carbonyl (C=O) groups is 1. The molecule has 39 heavy (non-hydrogen) atoms. The number of hydrogen-bond acceptors (Lipinski definition) is 4. The Balaban J connectivity index is 1.72. The van der Waals surface area contributed by atoms with E-state index in [9.17, 15) is 15.0 Å². The number of phenolic OH excluding ortho intramolecular Hbond substituents is 2. The molecule has 2 aliphatic rings. The Kier molecular flexibility index (Phi) is 7.83. The van der Waals surface area contributed by atoms with E-state index in [-0.39, 0.29) is 5.92 Å². The van der Waals surface area contributed by atoms with Gasteiger partial charge in [-0.05, 0) is 92.7 Å². The van der Waals surface area contributed by atoms with Crippen LogP contribution in [0.15, 0.2) is 55.1 Å². The number of benzene rings is 3. The van der Waals surface area contributed by atoms with Crippen molar-refractivity contribution >= 4 is 5.97 Å². The van der Waals surface area contributed by atoms with Crippen molar-refractivity contribution in [2.24, 2.45) is 0 Å². The molecule has 0 spiro atoms. The predicted molar refractivity (Wildman–Crippen MR) is 156 cm³/mol. The summed E-state index contributed by atoms with van der Waals surface area (Å²) < 4.78 is 5.39. The summed E-state index contributed by atoms with van der Waals surface area (Å²) >= 11 is 0. The van der Waals surface area contributed by atoms with Crippen LogP contribution in [-0.4, -0.2) is 16.2 Å². The highest BCUT2D eigenvalue weighted by Crippen LogP contribution is 2.49. The number of hydrogen-bond donors (Lipinski definition) is 2. The highest BCUT2D eigenvalue weighted by molar-refractivity contribution is 5.83. The molecule has 0 bridgehead atoms. The highest BCUT2D eigenvalue weighted by atomic mass is 16.5. The minimum absolute atomic E-state index is 0.336. The second kappa shape index (κ2) is 11.3. The number of esters is 1. The van der Waals surface area contributed by atoms with Gasteiger partial charge >= 0.3 is 5.97 Å². The SMILES string of the molecule is C=CC(=O)Oc1ccc(C(c2cc(C)cc(C3CCCC3)c2O)c2cc(C)cc(C3CCCC3)c2O)c(C)c1. The fraction of sp³-hybridized carbons (Fsp3) is 0.400. The Labute approximate surface area is 232 Å². The molecule has 0 radical (unpaired) electrons. The van der Waals surface area contributed by atoms with Crippen LogP contribution >= 0.6 is 0 Å². The number of aryl methyl sites for hydroxylation is 3. The van der Waals surface area contributed by atoms with E-state index in [1.165, 1.54) is 25.7 Å². The zero-order chi connectivity index (χ0) is 27.7. The van der Waals surface area contributed by atoms with Gasteiger partial charge in [0.2, 0.25) is 0 Å². The first-order valence-electron chi connectivity index (χ1n) is 14.4. The van der Waals surface area contributed by atoms with E-state index in [0.29, 0.717) is 29.1 Å². The fourth-order valence-electron chi connectivity index (χ4n) is 6.90. The highest BCUT2D eigenvalue weighted by Gasteiger charge is 2.31. The Hall–Kier alpha value is -3.53. The van der Waals surface area contributed by atoms with Crippen molar-refractivity contribution in [1.82, 2.24) is 0 Å². The third-order valence-electron chi connectivity index (χ3n) is 8.78. The van der Waals surface area contributed by atoms with Crippen molar-refractivity contribution in [3.05, 3.63) is 99.6 Å². The third kappa shape index (κ3) is 5.48. The smallest absolute Gasteiger partial charge is 0.335 e. The van der Waals surface area contributed by atoms with Gasteiger partial charge in [0.05, 0.1) is 0 Å². The molecule has 0 aliphatic heterocycles. The second-order valence-corrected chi connectivity index (χ2v) is 11.6. The number of rotatable bonds is 7. The van der Waals surface area contributed by atoms with E-state index >= 15 is 0 Å². The Bertz CT molecular complexity index is 1320. The minimum atomic E-state index is -0.506. The normalized spacial score (nSPS) is 16.2. The van der Waals surface area contributed by atoms with Crippen LogP contribution in [-0.2, 0) is 4.79 Å². The summed E-state index contributed by atoms with van der Waals surface area (Å²) in [7, 11) is 0. The van der Waals surface area contributed by atoms with Crippen molar-refractivity contribution in [2.45, 2.75) is 89.9 Å². The van der Waals surface area contributed by atoms with Crippen molar-refractivity contribution in [3.8, 4) is 17.2 Å². The van der Waals surface area contributed by atoms with Gasteiger partial charge in [0.1, 0.15) is 17.2 Å². The topological polar surface area (TPSA) is 66.8 Å². The minimum Gasteiger partial charge on any atom is -0.507 e. The van der Waals surface area contributed by atoms with Gasteiger partial charge in [0.25, 0.3) is 0 Å². The van der Waals surface area contributed by atoms with E-state index in [4.69, 9.17) is 4.74 Å². The van der Waals surface area contributed by atoms with E-state index in [1.807, 2.05) is 19.1 Å². The van der Waals surface area contributed by atoms with Crippen molar-refractivity contribution < 1.29 is 19.7 Å². The van der Waals surface area contributed by atoms with Gasteiger partial charge in [-0.25, -0.2) is 4.79 Å². The molecule has 2 N–H and O–H groups in total. The molecule has 2 fully saturated rings. The van der Waals surface area contributed by atoms with Crippen LogP contribution in [0.2, 0.25) is 0 Å². The molecular weight excluding hydrogens is 484 g/mol. The van der Waals surface area contributed by atoms with E-state index in [1.54, 1.807) is 6.07 Å². The van der Waals surface area contributed by atoms with E-state index < -0.39 is 5.97 Å². The molecule has 4 heteroatoms. The summed E-state index contributed by atoms with van der Waals surface area (Å²) in [4.78, 5) is 11.8. The number of ether oxygens (including phenoxy) is 1. The molecule has 2 aliphatic carbocycles. The zero-order valence-corrected chi connectivity index (χ0v) is 23.4. The summed E-state index contributed by atoms with van der Waals surface area (Å²) in [6, 6.07) is 14.0. The maximum absolute atomic E-state index is 11.8. The average Bonchev–Trinajstić information content (AvgIpc) is 3.64. The first-order valence-corrected chi connectivity index (χ1v) is 14.4. The van der Waals surface area contributed by atoms with Crippen LogP contribution in [0.25, 0.3) is 0 Å². The lowest BCUT2D eigenvalue weighted by atomic mass is 9.78. The monoisotopic (exact) mass is 524 g/mol. The van der Waals surface area contributed by atoms with E-state index in [0.717, 1.165) is 76.3 Å². The van der Waals surface area contributed by atoms with Crippen LogP contribution in [0, 0.1) is 20.8 Å². The molecule has 204 valence electrons. The molecule has 0 atom stereocenters. The maximum Gasteiger partial charge on any atom is 0.335 e. The summed E-state index contributed by atoms with van der Waals surface area (Å²) in [6.45, 7) is 9.65. The number of phenols is 2. The quantitative estimate of drug-likeness (QED) is 0.141. The third-order valence-corrected chi connectivity index (χ3v) is 8.78. The Morgan fingerprint density at radius 2 is 1.28 bits per heavy atom. The van der Waals surface area contributed by atoms with Gasteiger partial charge in [0.15, 0.2) is 0 Å². The first-order chi connectivity index (χ1) is 18.8. The zero-order valence-electron chi connectivity index (χ0n) is 23.4. The lowest BCUT2D eigenvalue weighted by Gasteiger charge is -2.27. The van der Waals surface area contributed by atoms with Crippen molar-refractivity contribution in [2.75, 3.05) is 0 Å². The second-order valence-electron chi connectivity index (χ2n) is 11.6. The molecule has 5 rings (SSSR count). The fourth-order valence-corrected chi connectivity index (χ4v) is 6.90. The van der Waals surface area contributed by atoms with Gasteiger partial charge in [-0.1, -0.05) is 73.7 Å². The number of carbonyl (C=O) groups excluding carboxylic acids is 1. The van der Waals surface area contributed by atoms with Crippen LogP contribution in [0.3, 0.4) is 0 Å². The maximum atomic E-state index is 11.8. The first kappa shape index (κ1) is 27.1. The summed E-state index contributed by atoms with van der Waals surface area (Å²) in [5.74, 6) is 0.936. The molecular formula is C35H40O4. The summed E-state index contributed by atoms with van der Waals surface area (Å²) in [5.41, 5.74) is 7.75. The standard InChI is InChI=1S/C35H40O4/c1-5-32(36)39-26-14-15-27(23(4)20-26)33(30-18-21(2)16-28(34(30)37)24-10-6-7-11-24)31-19-22(3)17-29(35(31)38)25-12-8-9-13-25/h5,14-20,24-25,33,37-38H,1,6-13H2,2-4H3. The lowest BCUT2D eigenvalue weighted by Crippen LogP contribution is -2.11. The van der Waals surface area contributed by atoms with E-state index in [2.05, 4.69) is 44.7 Å². The van der Waals surface area contributed by atoms with Crippen LogP contribution in [0.4, 0.5) is 0 Å². The molecule has 0 unspecified atom stereocenters. The lowest BCUT2D eigenvalue weighted by molar-refractivity contribution is -0.128. The molecule has 0 saturated heterocycles. The predicted octanol–water partition coefficient (Wildman–Crippen LogP) is 8.61. The van der Waals surface area contributed by atoms with Gasteiger partial charge in [0, 0.05) is 23.1 Å². The van der Waals surface area contributed by atoms with Gasteiger partial charge < -0.3 is 14.9 Å². The van der Waals surface area contributed by atoms with Crippen LogP contribution in [0.1, 0.15) is 114 Å². The van der Waals surface area contributed by atoms with Crippen LogP contribution in [0.5, 0.6) is 17.2 Å². The molecule has 0 heterocycles. The Morgan fingerprint density at radius 3 is 1.72 bits per heavy atom. The summed E-state index contributed by atoms with van der Waals surface area (Å²) in [5, 5.41) is 23.7. The molecule has 2 saturated carbocycles. The number of aromatic hydroxyl groups is 2. The molecule has 0 aromatic heterocycles. The van der Waals surface area contributed by atoms with Gasteiger partial charge in [-0.15, -0.1) is 0 Å². The van der Waals surface area contributed by atoms with Gasteiger partial charge in [-0.3, -0.25) is 0 Å². The van der Waals surface area contributed by atoms with Crippen molar-refractivity contribution in [1.29, 1.82) is 0 Å². The molecule has 3 aromatic rings. The van der Waals surface area contributed by atoms with Gasteiger partial charge in [-0.2, -0.15) is 0 Å². The molecule has 0 amide bonds. The average molecular weight is 525 g/mol. The Morgan fingerprint density at radius 1 is 0.795 bits per heavy atom. The summed E-state index contributed by atoms with van der Waals surface area (Å²) in [6.07, 6.45) is 10.2.